The van der Waals surface area contributed by atoms with E-state index in [9.17, 15) is 19.5 Å². The van der Waals surface area contributed by atoms with Gasteiger partial charge in [-0.3, -0.25) is 9.69 Å². The summed E-state index contributed by atoms with van der Waals surface area (Å²) < 4.78 is 11.3. The number of alkyl carbamates (subject to hydrolysis) is 1. The van der Waals surface area contributed by atoms with Crippen LogP contribution in [-0.2, 0) is 27.2 Å². The molecule has 0 spiro atoms. The number of carbonyl (C=O) groups excluding carboxylic acids is 2. The lowest BCUT2D eigenvalue weighted by atomic mass is 9.96. The number of carbonyl (C=O) groups is 3. The van der Waals surface area contributed by atoms with Crippen molar-refractivity contribution in [2.75, 3.05) is 19.7 Å². The molecule has 1 amide bonds. The molecule has 3 aromatic rings. The zero-order valence-corrected chi connectivity index (χ0v) is 24.4. The number of carboxylic acids is 1. The zero-order valence-electron chi connectivity index (χ0n) is 24.4. The predicted molar refractivity (Wildman–Crippen MR) is 159 cm³/mol. The van der Waals surface area contributed by atoms with E-state index in [1.165, 1.54) is 11.1 Å². The maximum atomic E-state index is 13.1. The molecule has 3 aromatic carbocycles. The van der Waals surface area contributed by atoms with Crippen LogP contribution >= 0.6 is 0 Å². The molecule has 0 radical (unpaired) electrons. The molecule has 42 heavy (non-hydrogen) atoms. The van der Waals surface area contributed by atoms with E-state index >= 15 is 0 Å². The van der Waals surface area contributed by atoms with E-state index in [-0.39, 0.29) is 36.5 Å². The Morgan fingerprint density at radius 2 is 1.64 bits per heavy atom. The highest BCUT2D eigenvalue weighted by molar-refractivity contribution is 5.88. The Hall–Kier alpha value is -4.17. The first-order chi connectivity index (χ1) is 20.1. The van der Waals surface area contributed by atoms with Gasteiger partial charge in [0.1, 0.15) is 12.2 Å². The maximum absolute atomic E-state index is 13.1. The number of amides is 1. The molecule has 0 bridgehead atoms. The number of esters is 1. The molecule has 1 atom stereocenters. The van der Waals surface area contributed by atoms with E-state index in [2.05, 4.69) is 34.5 Å². The van der Waals surface area contributed by atoms with E-state index in [1.54, 1.807) is 12.1 Å². The highest BCUT2D eigenvalue weighted by Crippen LogP contribution is 2.44. The third-order valence-electron chi connectivity index (χ3n) is 7.81. The number of nitrogens with zero attached hydrogens (tertiary/aromatic N) is 1. The normalized spacial score (nSPS) is 15.2. The van der Waals surface area contributed by atoms with Gasteiger partial charge in [-0.25, -0.2) is 9.59 Å². The van der Waals surface area contributed by atoms with Gasteiger partial charge in [0, 0.05) is 38.0 Å². The largest absolute Gasteiger partial charge is 0.478 e. The van der Waals surface area contributed by atoms with Crippen LogP contribution in [-0.4, -0.2) is 59.4 Å². The van der Waals surface area contributed by atoms with Crippen LogP contribution in [0.1, 0.15) is 72.1 Å². The van der Waals surface area contributed by atoms with Gasteiger partial charge in [-0.15, -0.1) is 0 Å². The lowest BCUT2D eigenvalue weighted by molar-refractivity contribution is -0.155. The first-order valence-corrected chi connectivity index (χ1v) is 14.5. The van der Waals surface area contributed by atoms with E-state index in [1.807, 2.05) is 51.1 Å². The molecule has 5 rings (SSSR count). The Balaban J connectivity index is 1.24. The summed E-state index contributed by atoms with van der Waals surface area (Å²) in [4.78, 5) is 39.2. The van der Waals surface area contributed by atoms with Crippen molar-refractivity contribution in [3.05, 3.63) is 94.5 Å². The minimum absolute atomic E-state index is 0.0438. The van der Waals surface area contributed by atoms with E-state index in [4.69, 9.17) is 9.47 Å². The monoisotopic (exact) mass is 570 g/mol. The summed E-state index contributed by atoms with van der Waals surface area (Å²) in [6, 6.07) is 21.3. The standard InChI is InChI=1S/C34H38N2O6/c1-34(2,3)42-31(37)15-14-25(20-36-17-16-22-18-23(32(38)39)12-13-24(22)19-36)35-33(40)41-21-30-28-10-6-4-8-26(28)27-9-5-7-11-29(27)30/h4-13,18,25,30H,14-17,19-21H2,1-3H3,(H,35,40)(H,38,39)/t25-/m0/s1. The van der Waals surface area contributed by atoms with Crippen molar-refractivity contribution in [3.8, 4) is 11.1 Å². The summed E-state index contributed by atoms with van der Waals surface area (Å²) in [6.07, 6.45) is 0.757. The quantitative estimate of drug-likeness (QED) is 0.315. The molecule has 1 aliphatic heterocycles. The van der Waals surface area contributed by atoms with Crippen molar-refractivity contribution >= 4 is 18.0 Å². The number of hydrogen-bond donors (Lipinski definition) is 2. The zero-order chi connectivity index (χ0) is 29.9. The number of nitrogens with one attached hydrogen (secondary N) is 1. The predicted octanol–water partition coefficient (Wildman–Crippen LogP) is 5.77. The molecule has 0 saturated carbocycles. The number of benzene rings is 3. The number of rotatable bonds is 9. The molecular formula is C34H38N2O6. The second kappa shape index (κ2) is 12.4. The van der Waals surface area contributed by atoms with Crippen LogP contribution in [0.3, 0.4) is 0 Å². The van der Waals surface area contributed by atoms with Crippen molar-refractivity contribution in [2.24, 2.45) is 0 Å². The van der Waals surface area contributed by atoms with Crippen LogP contribution in [0.2, 0.25) is 0 Å². The van der Waals surface area contributed by atoms with Gasteiger partial charge in [0.2, 0.25) is 0 Å². The fourth-order valence-electron chi connectivity index (χ4n) is 5.91. The van der Waals surface area contributed by atoms with Crippen molar-refractivity contribution in [1.82, 2.24) is 10.2 Å². The van der Waals surface area contributed by atoms with Crippen LogP contribution in [0.4, 0.5) is 4.79 Å². The van der Waals surface area contributed by atoms with Gasteiger partial charge >= 0.3 is 18.0 Å². The third-order valence-corrected chi connectivity index (χ3v) is 7.81. The number of ether oxygens (including phenoxy) is 2. The third kappa shape index (κ3) is 6.99. The first kappa shape index (κ1) is 29.3. The van der Waals surface area contributed by atoms with Crippen molar-refractivity contribution < 1.29 is 29.0 Å². The van der Waals surface area contributed by atoms with Crippen LogP contribution in [0.25, 0.3) is 11.1 Å². The molecule has 0 aromatic heterocycles. The van der Waals surface area contributed by atoms with Gasteiger partial charge in [0.15, 0.2) is 0 Å². The van der Waals surface area contributed by atoms with Gasteiger partial charge < -0.3 is 19.9 Å². The summed E-state index contributed by atoms with van der Waals surface area (Å²) in [7, 11) is 0. The Morgan fingerprint density at radius 1 is 0.976 bits per heavy atom. The summed E-state index contributed by atoms with van der Waals surface area (Å²) >= 11 is 0. The first-order valence-electron chi connectivity index (χ1n) is 14.5. The molecule has 2 N–H and O–H groups in total. The molecular weight excluding hydrogens is 532 g/mol. The molecule has 8 nitrogen and oxygen atoms in total. The topological polar surface area (TPSA) is 105 Å². The SMILES string of the molecule is CC(C)(C)OC(=O)CC[C@@H](CN1CCc2cc(C(=O)O)ccc2C1)NC(=O)OCC1c2ccccc2-c2ccccc21. The fraction of sp³-hybridized carbons (Fsp3) is 0.382. The van der Waals surface area contributed by atoms with Crippen molar-refractivity contribution in [3.63, 3.8) is 0 Å². The number of carboxylic acid groups (broad SMARTS) is 1. The minimum Gasteiger partial charge on any atom is -0.478 e. The van der Waals surface area contributed by atoms with Crippen LogP contribution in [0.5, 0.6) is 0 Å². The Morgan fingerprint density at radius 3 is 2.29 bits per heavy atom. The molecule has 0 saturated heterocycles. The van der Waals surface area contributed by atoms with Crippen molar-refractivity contribution in [1.29, 1.82) is 0 Å². The highest BCUT2D eigenvalue weighted by atomic mass is 16.6. The molecule has 8 heteroatoms. The summed E-state index contributed by atoms with van der Waals surface area (Å²) in [5, 5.41) is 12.3. The molecule has 220 valence electrons. The second-order valence-corrected chi connectivity index (χ2v) is 12.1. The van der Waals surface area contributed by atoms with Crippen LogP contribution in [0.15, 0.2) is 66.7 Å². The average molecular weight is 571 g/mol. The summed E-state index contributed by atoms with van der Waals surface area (Å²) in [6.45, 7) is 7.57. The smallest absolute Gasteiger partial charge is 0.407 e. The Bertz CT molecular complexity index is 1430. The van der Waals surface area contributed by atoms with Gasteiger partial charge in [-0.2, -0.15) is 0 Å². The Labute approximate surface area is 246 Å². The maximum Gasteiger partial charge on any atom is 0.407 e. The van der Waals surface area contributed by atoms with E-state index in [0.717, 1.165) is 22.3 Å². The lowest BCUT2D eigenvalue weighted by Crippen LogP contribution is -2.46. The number of fused-ring (bicyclic) bond motifs is 4. The summed E-state index contributed by atoms with van der Waals surface area (Å²) in [5.74, 6) is -1.29. The van der Waals surface area contributed by atoms with Gasteiger partial charge in [-0.1, -0.05) is 54.6 Å². The van der Waals surface area contributed by atoms with Gasteiger partial charge in [0.25, 0.3) is 0 Å². The molecule has 0 unspecified atom stereocenters. The average Bonchev–Trinajstić information content (AvgIpc) is 3.27. The summed E-state index contributed by atoms with van der Waals surface area (Å²) in [5.41, 5.74) is 6.42. The van der Waals surface area contributed by atoms with Gasteiger partial charge in [-0.05, 0) is 79.1 Å². The minimum atomic E-state index is -0.935. The molecule has 2 aliphatic rings. The number of hydrogen-bond acceptors (Lipinski definition) is 6. The molecule has 1 heterocycles. The van der Waals surface area contributed by atoms with E-state index < -0.39 is 17.7 Å². The Kier molecular flexibility index (Phi) is 8.64. The van der Waals surface area contributed by atoms with Crippen LogP contribution < -0.4 is 5.32 Å². The molecule has 0 fully saturated rings. The van der Waals surface area contributed by atoms with Crippen molar-refractivity contribution in [2.45, 2.75) is 64.1 Å². The molecule has 1 aliphatic carbocycles. The van der Waals surface area contributed by atoms with E-state index in [0.29, 0.717) is 32.5 Å². The second-order valence-electron chi connectivity index (χ2n) is 12.1. The lowest BCUT2D eigenvalue weighted by Gasteiger charge is -2.32. The van der Waals surface area contributed by atoms with Gasteiger partial charge in [0.05, 0.1) is 5.56 Å². The highest BCUT2D eigenvalue weighted by Gasteiger charge is 2.30. The number of aromatic carboxylic acids is 1. The van der Waals surface area contributed by atoms with Crippen LogP contribution in [0, 0.1) is 0 Å². The fourth-order valence-corrected chi connectivity index (χ4v) is 5.91.